The summed E-state index contributed by atoms with van der Waals surface area (Å²) in [7, 11) is 0. The largest absolute Gasteiger partial charge is 0.477 e. The summed E-state index contributed by atoms with van der Waals surface area (Å²) >= 11 is 0. The molecular weight excluding hydrogens is 238 g/mol. The van der Waals surface area contributed by atoms with Gasteiger partial charge >= 0.3 is 5.97 Å². The highest BCUT2D eigenvalue weighted by Crippen LogP contribution is 2.02. The first-order valence-electron chi connectivity index (χ1n) is 5.21. The molecule has 2 rings (SSSR count). The maximum absolute atomic E-state index is 11.6. The number of rotatable bonds is 5. The second-order valence-electron chi connectivity index (χ2n) is 3.59. The van der Waals surface area contributed by atoms with Gasteiger partial charge in [0.1, 0.15) is 24.2 Å². The van der Waals surface area contributed by atoms with E-state index < -0.39 is 5.97 Å². The quantitative estimate of drug-likeness (QED) is 0.803. The van der Waals surface area contributed by atoms with E-state index in [0.717, 1.165) is 0 Å². The summed E-state index contributed by atoms with van der Waals surface area (Å²) in [6, 6.07) is 4.65. The number of amides is 1. The smallest absolute Gasteiger partial charge is 0.352 e. The molecule has 2 N–H and O–H groups in total. The highest BCUT2D eigenvalue weighted by Gasteiger charge is 2.11. The number of carbonyl (C=O) groups is 2. The van der Waals surface area contributed by atoms with Crippen molar-refractivity contribution in [3.05, 3.63) is 42.0 Å². The molecule has 0 unspecified atom stereocenters. The van der Waals surface area contributed by atoms with Crippen LogP contribution in [0.3, 0.4) is 0 Å². The average Bonchev–Trinajstić information content (AvgIpc) is 2.96. The van der Waals surface area contributed by atoms with Gasteiger partial charge < -0.3 is 19.5 Å². The van der Waals surface area contributed by atoms with Crippen molar-refractivity contribution < 1.29 is 19.2 Å². The van der Waals surface area contributed by atoms with Gasteiger partial charge in [-0.3, -0.25) is 4.79 Å². The van der Waals surface area contributed by atoms with Crippen molar-refractivity contribution in [2.45, 2.75) is 13.1 Å². The van der Waals surface area contributed by atoms with Gasteiger partial charge in [0.25, 0.3) is 0 Å². The topological polar surface area (TPSA) is 97.4 Å². The lowest BCUT2D eigenvalue weighted by Crippen LogP contribution is -2.28. The number of carboxylic acid groups (broad SMARTS) is 1. The van der Waals surface area contributed by atoms with E-state index in [1.807, 2.05) is 0 Å². The standard InChI is InChI=1S/C11H11N3O4/c15-10(12-6-8-3-5-18-13-8)7-14-4-1-2-9(14)11(16)17/h1-5H,6-7H2,(H,12,15)(H,16,17). The Kier molecular flexibility index (Phi) is 3.42. The molecule has 0 aliphatic heterocycles. The molecule has 1 amide bonds. The zero-order valence-electron chi connectivity index (χ0n) is 9.37. The SMILES string of the molecule is O=C(Cn1cccc1C(=O)O)NCc1ccon1. The van der Waals surface area contributed by atoms with E-state index in [1.54, 1.807) is 18.3 Å². The van der Waals surface area contributed by atoms with E-state index in [0.29, 0.717) is 5.69 Å². The molecule has 2 heterocycles. The van der Waals surface area contributed by atoms with E-state index in [2.05, 4.69) is 15.0 Å². The number of hydrogen-bond acceptors (Lipinski definition) is 4. The first-order chi connectivity index (χ1) is 8.66. The van der Waals surface area contributed by atoms with Crippen LogP contribution in [0.4, 0.5) is 0 Å². The molecule has 0 saturated heterocycles. The van der Waals surface area contributed by atoms with Crippen LogP contribution in [-0.2, 0) is 17.9 Å². The Morgan fingerprint density at radius 1 is 1.44 bits per heavy atom. The summed E-state index contributed by atoms with van der Waals surface area (Å²) in [4.78, 5) is 22.4. The lowest BCUT2D eigenvalue weighted by molar-refractivity contribution is -0.121. The number of aromatic carboxylic acids is 1. The fourth-order valence-electron chi connectivity index (χ4n) is 1.47. The van der Waals surface area contributed by atoms with Gasteiger partial charge in [0.15, 0.2) is 0 Å². The Balaban J connectivity index is 1.91. The Labute approximate surface area is 102 Å². The second-order valence-corrected chi connectivity index (χ2v) is 3.59. The number of carboxylic acids is 1. The molecule has 0 aliphatic rings. The lowest BCUT2D eigenvalue weighted by atomic mass is 10.4. The third-order valence-corrected chi connectivity index (χ3v) is 2.32. The number of nitrogens with zero attached hydrogens (tertiary/aromatic N) is 2. The number of nitrogens with one attached hydrogen (secondary N) is 1. The minimum atomic E-state index is -1.07. The summed E-state index contributed by atoms with van der Waals surface area (Å²) in [5.41, 5.74) is 0.681. The van der Waals surface area contributed by atoms with E-state index in [4.69, 9.17) is 5.11 Å². The van der Waals surface area contributed by atoms with Gasteiger partial charge in [-0.2, -0.15) is 0 Å². The molecule has 0 spiro atoms. The normalized spacial score (nSPS) is 10.2. The van der Waals surface area contributed by atoms with Crippen LogP contribution in [0.5, 0.6) is 0 Å². The maximum Gasteiger partial charge on any atom is 0.352 e. The van der Waals surface area contributed by atoms with Crippen LogP contribution in [-0.4, -0.2) is 26.7 Å². The molecule has 0 aromatic carbocycles. The number of aromatic nitrogens is 2. The van der Waals surface area contributed by atoms with Crippen molar-refractivity contribution in [2.24, 2.45) is 0 Å². The van der Waals surface area contributed by atoms with Gasteiger partial charge in [-0.05, 0) is 12.1 Å². The first kappa shape index (κ1) is 11.9. The van der Waals surface area contributed by atoms with Gasteiger partial charge in [-0.25, -0.2) is 4.79 Å². The molecule has 2 aromatic heterocycles. The Morgan fingerprint density at radius 2 is 2.28 bits per heavy atom. The summed E-state index contributed by atoms with van der Waals surface area (Å²) in [5, 5.41) is 15.1. The zero-order valence-corrected chi connectivity index (χ0v) is 9.37. The summed E-state index contributed by atoms with van der Waals surface area (Å²) in [6.07, 6.45) is 2.95. The van der Waals surface area contributed by atoms with Crippen molar-refractivity contribution in [1.29, 1.82) is 0 Å². The average molecular weight is 249 g/mol. The molecule has 18 heavy (non-hydrogen) atoms. The molecule has 0 radical (unpaired) electrons. The highest BCUT2D eigenvalue weighted by atomic mass is 16.5. The third kappa shape index (κ3) is 2.76. The molecule has 0 saturated carbocycles. The van der Waals surface area contributed by atoms with Crippen LogP contribution in [0.15, 0.2) is 35.2 Å². The molecule has 2 aromatic rings. The fraction of sp³-hybridized carbons (Fsp3) is 0.182. The predicted octanol–water partition coefficient (Wildman–Crippen LogP) is 0.491. The van der Waals surface area contributed by atoms with Gasteiger partial charge in [0.2, 0.25) is 5.91 Å². The number of hydrogen-bond donors (Lipinski definition) is 2. The summed E-state index contributed by atoms with van der Waals surface area (Å²) in [6.45, 7) is 0.200. The predicted molar refractivity (Wildman–Crippen MR) is 59.7 cm³/mol. The van der Waals surface area contributed by atoms with Crippen molar-refractivity contribution in [1.82, 2.24) is 15.0 Å². The van der Waals surface area contributed by atoms with Gasteiger partial charge in [0, 0.05) is 12.3 Å². The lowest BCUT2D eigenvalue weighted by Gasteiger charge is -2.06. The molecule has 0 bridgehead atoms. The van der Waals surface area contributed by atoms with Crippen molar-refractivity contribution in [3.8, 4) is 0 Å². The van der Waals surface area contributed by atoms with E-state index in [9.17, 15) is 9.59 Å². The Bertz CT molecular complexity index is 544. The molecular formula is C11H11N3O4. The fourth-order valence-corrected chi connectivity index (χ4v) is 1.47. The molecule has 94 valence electrons. The summed E-state index contributed by atoms with van der Waals surface area (Å²) in [5.74, 6) is -1.36. The minimum absolute atomic E-state index is 0.0491. The minimum Gasteiger partial charge on any atom is -0.477 e. The van der Waals surface area contributed by atoms with Crippen LogP contribution >= 0.6 is 0 Å². The third-order valence-electron chi connectivity index (χ3n) is 2.32. The Morgan fingerprint density at radius 3 is 2.94 bits per heavy atom. The van der Waals surface area contributed by atoms with Crippen LogP contribution in [0.2, 0.25) is 0 Å². The molecule has 0 aliphatic carbocycles. The summed E-state index contributed by atoms with van der Waals surface area (Å²) < 4.78 is 5.98. The monoisotopic (exact) mass is 249 g/mol. The first-order valence-corrected chi connectivity index (χ1v) is 5.21. The van der Waals surface area contributed by atoms with Crippen LogP contribution in [0, 0.1) is 0 Å². The maximum atomic E-state index is 11.6. The van der Waals surface area contributed by atoms with Crippen LogP contribution in [0.1, 0.15) is 16.2 Å². The van der Waals surface area contributed by atoms with Crippen LogP contribution < -0.4 is 5.32 Å². The zero-order chi connectivity index (χ0) is 13.0. The van der Waals surface area contributed by atoms with E-state index in [-0.39, 0.29) is 24.7 Å². The van der Waals surface area contributed by atoms with Gasteiger partial charge in [-0.1, -0.05) is 5.16 Å². The van der Waals surface area contributed by atoms with Crippen molar-refractivity contribution >= 4 is 11.9 Å². The molecule has 0 atom stereocenters. The highest BCUT2D eigenvalue weighted by molar-refractivity contribution is 5.86. The van der Waals surface area contributed by atoms with Crippen molar-refractivity contribution in [2.75, 3.05) is 0 Å². The molecule has 7 nitrogen and oxygen atoms in total. The van der Waals surface area contributed by atoms with Crippen molar-refractivity contribution in [3.63, 3.8) is 0 Å². The second kappa shape index (κ2) is 5.17. The molecule has 7 heteroatoms. The Hall–Kier alpha value is -2.57. The van der Waals surface area contributed by atoms with E-state index in [1.165, 1.54) is 16.9 Å². The molecule has 0 fully saturated rings. The van der Waals surface area contributed by atoms with Crippen LogP contribution in [0.25, 0.3) is 0 Å². The van der Waals surface area contributed by atoms with Gasteiger partial charge in [0.05, 0.1) is 6.54 Å². The van der Waals surface area contributed by atoms with Gasteiger partial charge in [-0.15, -0.1) is 0 Å². The number of carbonyl (C=O) groups excluding carboxylic acids is 1. The van der Waals surface area contributed by atoms with E-state index >= 15 is 0 Å².